The average Bonchev–Trinajstić information content (AvgIpc) is 4.10. The quantitative estimate of drug-likeness (QED) is 0.160. The summed E-state index contributed by atoms with van der Waals surface area (Å²) in [6.45, 7) is 0. The van der Waals surface area contributed by atoms with Crippen LogP contribution in [0.25, 0.3) is 37.2 Å². The van der Waals surface area contributed by atoms with E-state index < -0.39 is 0 Å². The van der Waals surface area contributed by atoms with E-state index in [4.69, 9.17) is 25.5 Å². The predicted octanol–water partition coefficient (Wildman–Crippen LogP) is 9.98. The van der Waals surface area contributed by atoms with E-state index in [0.717, 1.165) is 44.5 Å². The Labute approximate surface area is 319 Å². The number of fused-ring (bicyclic) bond motifs is 4. The van der Waals surface area contributed by atoms with Gasteiger partial charge >= 0.3 is 17.1 Å². The third kappa shape index (κ3) is 5.86. The van der Waals surface area contributed by atoms with Gasteiger partial charge in [-0.15, -0.1) is 0 Å². The SMILES string of the molecule is N#[N+]c1ccc(C2=C3C=CC(=N3)C(c3ccc([N+]#N)cc3)=C3C=CC(=N3)C(c3ccc([N+]#N)cc3)=C3C=CC(=N3)C(c3ccc(N=[NH2+])cc3)=C3C=CC2=N3)cc1. The zero-order valence-corrected chi connectivity index (χ0v) is 29.4. The molecule has 0 aromatic heterocycles. The summed E-state index contributed by atoms with van der Waals surface area (Å²) in [4.78, 5) is 31.0. The van der Waals surface area contributed by atoms with Gasteiger partial charge in [0, 0.05) is 58.7 Å². The van der Waals surface area contributed by atoms with E-state index in [1.165, 1.54) is 0 Å². The van der Waals surface area contributed by atoms with Crippen molar-refractivity contribution in [1.82, 2.24) is 0 Å². The van der Waals surface area contributed by atoms with Crippen molar-refractivity contribution in [3.05, 3.63) is 206 Å². The third-order valence-corrected chi connectivity index (χ3v) is 9.73. The van der Waals surface area contributed by atoms with Crippen molar-refractivity contribution >= 4 is 67.9 Å². The minimum absolute atomic E-state index is 0.412. The lowest BCUT2D eigenvalue weighted by Gasteiger charge is -2.12. The first-order chi connectivity index (χ1) is 27.5. The Bertz CT molecular complexity index is 2880. The number of aliphatic imine (C=N–C) groups is 4. The van der Waals surface area contributed by atoms with Crippen LogP contribution < -0.4 is 5.53 Å². The van der Waals surface area contributed by atoms with Crippen molar-refractivity contribution in [2.24, 2.45) is 25.1 Å². The fraction of sp³-hybridized carbons (Fsp3) is 0. The summed E-state index contributed by atoms with van der Waals surface area (Å²) in [7, 11) is 0. The molecule has 0 saturated heterocycles. The highest BCUT2D eigenvalue weighted by Gasteiger charge is 2.28. The molecule has 0 amide bonds. The normalized spacial score (nSPS) is 16.4. The molecule has 4 aromatic carbocycles. The van der Waals surface area contributed by atoms with Crippen LogP contribution in [0.4, 0.5) is 22.7 Å². The van der Waals surface area contributed by atoms with Gasteiger partial charge in [0.15, 0.2) is 14.9 Å². The van der Waals surface area contributed by atoms with Crippen molar-refractivity contribution in [3.63, 3.8) is 0 Å². The highest BCUT2D eigenvalue weighted by atomic mass is 15.0. The number of hydrogen-bond donors (Lipinski definition) is 1. The molecule has 0 fully saturated rings. The molecule has 8 bridgehead atoms. The van der Waals surface area contributed by atoms with Crippen molar-refractivity contribution in [2.45, 2.75) is 0 Å². The van der Waals surface area contributed by atoms with Gasteiger partial charge in [-0.05, 0) is 125 Å². The Kier molecular flexibility index (Phi) is 8.13. The fourth-order valence-electron chi connectivity index (χ4n) is 7.07. The molecule has 2 N–H and O–H groups in total. The van der Waals surface area contributed by atoms with E-state index in [2.05, 4.69) is 20.0 Å². The topological polar surface area (TPSA) is 172 Å². The molecule has 5 heterocycles. The lowest BCUT2D eigenvalue weighted by Crippen LogP contribution is -2.21. The van der Waals surface area contributed by atoms with Crippen LogP contribution in [0.2, 0.25) is 0 Å². The number of rotatable bonds is 5. The molecular formula is C44H26N12+4. The summed E-state index contributed by atoms with van der Waals surface area (Å²) in [5.74, 6) is 0. The molecule has 0 aliphatic carbocycles. The number of diazo groups is 3. The smallest absolute Gasteiger partial charge is 0.248 e. The number of benzene rings is 4. The number of hydrogen-bond acceptors (Lipinski definition) is 8. The molecule has 4 aromatic rings. The van der Waals surface area contributed by atoms with E-state index >= 15 is 0 Å². The maximum Gasteiger partial charge on any atom is 0.385 e. The lowest BCUT2D eigenvalue weighted by atomic mass is 9.98. The Morgan fingerprint density at radius 2 is 0.607 bits per heavy atom. The molecule has 0 spiro atoms. The Morgan fingerprint density at radius 1 is 0.357 bits per heavy atom. The zero-order chi connectivity index (χ0) is 38.2. The molecule has 258 valence electrons. The molecule has 0 atom stereocenters. The molecule has 12 heteroatoms. The Morgan fingerprint density at radius 3 is 0.839 bits per heavy atom. The monoisotopic (exact) mass is 722 g/mol. The van der Waals surface area contributed by atoms with Gasteiger partial charge in [-0.3, -0.25) is 0 Å². The second-order valence-corrected chi connectivity index (χ2v) is 13.0. The van der Waals surface area contributed by atoms with Gasteiger partial charge < -0.3 is 0 Å². The minimum Gasteiger partial charge on any atom is -0.248 e. The number of allylic oxidation sites excluding steroid dienone is 12. The lowest BCUT2D eigenvalue weighted by molar-refractivity contribution is -0.210. The van der Waals surface area contributed by atoms with Crippen LogP contribution in [0.3, 0.4) is 0 Å². The predicted molar refractivity (Wildman–Crippen MR) is 218 cm³/mol. The number of nitrogens with two attached hydrogens (primary N) is 1. The Balaban J connectivity index is 1.36. The summed E-state index contributed by atoms with van der Waals surface area (Å²) in [5, 5.41) is 32.2. The van der Waals surface area contributed by atoms with E-state index in [9.17, 15) is 16.2 Å². The van der Waals surface area contributed by atoms with Crippen molar-refractivity contribution in [1.29, 1.82) is 16.2 Å². The maximum absolute atomic E-state index is 9.45. The van der Waals surface area contributed by atoms with Crippen LogP contribution in [0.5, 0.6) is 0 Å². The first kappa shape index (κ1) is 33.2. The molecule has 12 nitrogen and oxygen atoms in total. The molecule has 0 unspecified atom stereocenters. The van der Waals surface area contributed by atoms with Gasteiger partial charge in [-0.25, -0.2) is 20.0 Å². The van der Waals surface area contributed by atoms with E-state index in [1.54, 1.807) is 36.4 Å². The van der Waals surface area contributed by atoms with Crippen molar-refractivity contribution < 1.29 is 5.53 Å². The largest absolute Gasteiger partial charge is 0.385 e. The molecule has 5 aliphatic heterocycles. The van der Waals surface area contributed by atoms with Crippen LogP contribution in [0.15, 0.2) is 194 Å². The fourth-order valence-corrected chi connectivity index (χ4v) is 7.07. The van der Waals surface area contributed by atoms with Crippen LogP contribution in [-0.2, 0) is 0 Å². The molecule has 0 radical (unpaired) electrons. The second kappa shape index (κ2) is 13.7. The summed E-state index contributed by atoms with van der Waals surface area (Å²) in [5.41, 5.74) is 19.3. The second-order valence-electron chi connectivity index (χ2n) is 13.0. The molecule has 5 aliphatic rings. The number of nitrogens with zero attached hydrogens (tertiary/aromatic N) is 11. The van der Waals surface area contributed by atoms with Gasteiger partial charge in [-0.2, -0.15) is 5.53 Å². The summed E-state index contributed by atoms with van der Waals surface area (Å²) >= 11 is 0. The maximum atomic E-state index is 9.45. The van der Waals surface area contributed by atoms with Crippen LogP contribution >= 0.6 is 0 Å². The average molecular weight is 723 g/mol. The third-order valence-electron chi connectivity index (χ3n) is 9.73. The van der Waals surface area contributed by atoms with Crippen LogP contribution in [0, 0.1) is 16.2 Å². The minimum atomic E-state index is 0.412. The van der Waals surface area contributed by atoms with E-state index in [0.29, 0.717) is 68.4 Å². The Hall–Kier alpha value is -8.66. The first-order valence-electron chi connectivity index (χ1n) is 17.5. The van der Waals surface area contributed by atoms with E-state index in [-0.39, 0.29) is 0 Å². The standard InChI is InChI=1S/C44H25N12/c45-53-29-9-1-25(2-10-29)41-33-17-19-35(49-33)42(26-3-11-30(54-46)12-4-26)37-21-23-39(51-37)44(28-7-15-32(56-48)16-8-28)40-24-22-38(52-40)43(36-20-18-34(41)50-36)27-5-13-31(55-47)14-6-27/h1-24,45H/q+3/p+1. The van der Waals surface area contributed by atoms with Crippen LogP contribution in [-0.4, -0.2) is 22.8 Å². The summed E-state index contributed by atoms with van der Waals surface area (Å²) in [6, 6.07) is 29.2. The van der Waals surface area contributed by atoms with Crippen molar-refractivity contribution in [3.8, 4) is 0 Å². The van der Waals surface area contributed by atoms with Gasteiger partial charge in [0.25, 0.3) is 0 Å². The molecule has 0 saturated carbocycles. The van der Waals surface area contributed by atoms with Gasteiger partial charge in [0.1, 0.15) is 5.69 Å². The molecular weight excluding hydrogens is 697 g/mol. The first-order valence-corrected chi connectivity index (χ1v) is 17.5. The zero-order valence-electron chi connectivity index (χ0n) is 29.4. The highest BCUT2D eigenvalue weighted by molar-refractivity contribution is 6.39. The van der Waals surface area contributed by atoms with Gasteiger partial charge in [-0.1, -0.05) is 12.1 Å². The summed E-state index contributed by atoms with van der Waals surface area (Å²) < 4.78 is 0. The van der Waals surface area contributed by atoms with Crippen LogP contribution in [0.1, 0.15) is 22.3 Å². The van der Waals surface area contributed by atoms with Gasteiger partial charge in [0.2, 0.25) is 16.2 Å². The molecule has 9 rings (SSSR count). The molecule has 56 heavy (non-hydrogen) atoms. The van der Waals surface area contributed by atoms with E-state index in [1.807, 2.05) is 109 Å². The summed E-state index contributed by atoms with van der Waals surface area (Å²) in [6.07, 6.45) is 15.7. The van der Waals surface area contributed by atoms with Gasteiger partial charge in [0.05, 0.1) is 45.6 Å². The highest BCUT2D eigenvalue weighted by Crippen LogP contribution is 2.39. The van der Waals surface area contributed by atoms with Crippen molar-refractivity contribution in [2.75, 3.05) is 0 Å².